The molecule has 0 spiro atoms. The van der Waals surface area contributed by atoms with Crippen LogP contribution in [0.3, 0.4) is 0 Å². The maximum atomic E-state index is 5.62. The van der Waals surface area contributed by atoms with Crippen molar-refractivity contribution >= 4 is 7.12 Å². The molecule has 1 fully saturated rings. The molecule has 1 aliphatic rings. The Balaban J connectivity index is 2.66. The summed E-state index contributed by atoms with van der Waals surface area (Å²) in [7, 11) is -0.0441. The van der Waals surface area contributed by atoms with Crippen molar-refractivity contribution in [3.8, 4) is 0 Å². The molecule has 3 heteroatoms. The van der Waals surface area contributed by atoms with E-state index in [0.717, 1.165) is 0 Å². The van der Waals surface area contributed by atoms with Crippen molar-refractivity contribution in [2.75, 3.05) is 0 Å². The molecule has 0 saturated carbocycles. The molecule has 1 unspecified atom stereocenters. The summed E-state index contributed by atoms with van der Waals surface area (Å²) in [6.07, 6.45) is 0.234. The van der Waals surface area contributed by atoms with Gasteiger partial charge >= 0.3 is 7.12 Å². The van der Waals surface area contributed by atoms with E-state index in [2.05, 4.69) is 27.7 Å². The summed E-state index contributed by atoms with van der Waals surface area (Å²) >= 11 is 0. The van der Waals surface area contributed by atoms with E-state index in [1.165, 1.54) is 0 Å². The van der Waals surface area contributed by atoms with Crippen LogP contribution in [0.1, 0.15) is 27.7 Å². The van der Waals surface area contributed by atoms with E-state index in [-0.39, 0.29) is 18.8 Å². The van der Waals surface area contributed by atoms with E-state index >= 15 is 0 Å². The van der Waals surface area contributed by atoms with Gasteiger partial charge in [0.15, 0.2) is 0 Å². The van der Waals surface area contributed by atoms with Gasteiger partial charge in [0.25, 0.3) is 0 Å². The highest BCUT2D eigenvalue weighted by atomic mass is 16.7. The molecule has 64 valence electrons. The maximum Gasteiger partial charge on any atom is 0.454 e. The van der Waals surface area contributed by atoms with Crippen molar-refractivity contribution in [1.82, 2.24) is 0 Å². The van der Waals surface area contributed by atoms with Crippen molar-refractivity contribution in [3.63, 3.8) is 0 Å². The molecular weight excluding hydrogens is 139 g/mol. The lowest BCUT2D eigenvalue weighted by Gasteiger charge is -2.28. The minimum atomic E-state index is -0.117. The molecule has 0 bridgehead atoms. The monoisotopic (exact) mass is 156 g/mol. The number of hydrogen-bond acceptors (Lipinski definition) is 2. The van der Waals surface area contributed by atoms with Crippen molar-refractivity contribution < 1.29 is 9.31 Å². The normalized spacial score (nSPS) is 30.0. The zero-order valence-electron chi connectivity index (χ0n) is 8.05. The molecule has 0 aromatic carbocycles. The Bertz CT molecular complexity index is 145. The number of rotatable bonds is 1. The molecule has 1 saturated heterocycles. The Kier molecular flexibility index (Phi) is 2.31. The molecule has 1 atom stereocenters. The molecule has 0 aromatic rings. The Morgan fingerprint density at radius 3 is 2.09 bits per heavy atom. The van der Waals surface area contributed by atoms with Crippen LogP contribution in [0.5, 0.6) is 0 Å². The van der Waals surface area contributed by atoms with Gasteiger partial charge in [0, 0.05) is 0 Å². The van der Waals surface area contributed by atoms with Gasteiger partial charge in [-0.3, -0.25) is 0 Å². The maximum absolute atomic E-state index is 5.62. The van der Waals surface area contributed by atoms with Gasteiger partial charge in [0.1, 0.15) is 0 Å². The van der Waals surface area contributed by atoms with Crippen molar-refractivity contribution in [3.05, 3.63) is 0 Å². The van der Waals surface area contributed by atoms with Crippen LogP contribution in [0.15, 0.2) is 0 Å². The fourth-order valence-corrected chi connectivity index (χ4v) is 1.85. The van der Waals surface area contributed by atoms with E-state index < -0.39 is 0 Å². The van der Waals surface area contributed by atoms with Crippen LogP contribution in [0.4, 0.5) is 0 Å². The lowest BCUT2D eigenvalue weighted by atomic mass is 9.92. The second-order valence-electron chi connectivity index (χ2n) is 4.09. The van der Waals surface area contributed by atoms with E-state index in [4.69, 9.17) is 9.31 Å². The van der Waals surface area contributed by atoms with E-state index in [9.17, 15) is 0 Å². The molecule has 1 rings (SSSR count). The van der Waals surface area contributed by atoms with E-state index in [1.807, 2.05) is 6.82 Å². The van der Waals surface area contributed by atoms with Crippen LogP contribution in [-0.4, -0.2) is 18.8 Å². The van der Waals surface area contributed by atoms with Crippen LogP contribution in [0, 0.1) is 5.92 Å². The molecule has 0 radical (unpaired) electrons. The van der Waals surface area contributed by atoms with Gasteiger partial charge in [0.05, 0.1) is 11.7 Å². The van der Waals surface area contributed by atoms with Crippen LogP contribution in [0.25, 0.3) is 0 Å². The van der Waals surface area contributed by atoms with Gasteiger partial charge < -0.3 is 9.31 Å². The van der Waals surface area contributed by atoms with Gasteiger partial charge in [-0.05, 0) is 26.6 Å². The standard InChI is InChI=1S/C8H17BO2/c1-6(2)7-8(3,4)11-9(5)10-7/h6-7H,1-5H3. The summed E-state index contributed by atoms with van der Waals surface area (Å²) in [4.78, 5) is 0. The van der Waals surface area contributed by atoms with Gasteiger partial charge in [-0.1, -0.05) is 13.8 Å². The molecule has 0 aliphatic carbocycles. The highest BCUT2D eigenvalue weighted by Gasteiger charge is 2.43. The predicted molar refractivity (Wildman–Crippen MR) is 46.5 cm³/mol. The minimum absolute atomic E-state index is 0.0441. The first-order valence-corrected chi connectivity index (χ1v) is 4.27. The van der Waals surface area contributed by atoms with Crippen LogP contribution < -0.4 is 0 Å². The fourth-order valence-electron chi connectivity index (χ4n) is 1.85. The van der Waals surface area contributed by atoms with Gasteiger partial charge in [-0.15, -0.1) is 0 Å². The third-order valence-electron chi connectivity index (χ3n) is 2.10. The van der Waals surface area contributed by atoms with Gasteiger partial charge in [-0.25, -0.2) is 0 Å². The summed E-state index contributed by atoms with van der Waals surface area (Å²) in [5.74, 6) is 0.523. The second kappa shape index (κ2) is 2.79. The van der Waals surface area contributed by atoms with Crippen molar-refractivity contribution in [2.45, 2.75) is 46.2 Å². The Morgan fingerprint density at radius 2 is 1.91 bits per heavy atom. The first-order chi connectivity index (χ1) is 4.93. The quantitative estimate of drug-likeness (QED) is 0.540. The van der Waals surface area contributed by atoms with Gasteiger partial charge in [-0.2, -0.15) is 0 Å². The molecule has 0 amide bonds. The van der Waals surface area contributed by atoms with Crippen molar-refractivity contribution in [2.24, 2.45) is 5.92 Å². The molecule has 1 aliphatic heterocycles. The highest BCUT2D eigenvalue weighted by molar-refractivity contribution is 6.43. The molecule has 0 aromatic heterocycles. The summed E-state index contributed by atoms with van der Waals surface area (Å²) in [6.45, 7) is 10.4. The van der Waals surface area contributed by atoms with Crippen LogP contribution >= 0.6 is 0 Å². The highest BCUT2D eigenvalue weighted by Crippen LogP contribution is 2.31. The predicted octanol–water partition coefficient (Wildman–Crippen LogP) is 1.95. The summed E-state index contributed by atoms with van der Waals surface area (Å²) in [5.41, 5.74) is -0.117. The average Bonchev–Trinajstić information content (AvgIpc) is 2.04. The Hall–Kier alpha value is -0.0151. The SMILES string of the molecule is CB1OC(C(C)C)C(C)(C)O1. The number of hydrogen-bond donors (Lipinski definition) is 0. The molecular formula is C8H17BO2. The molecule has 11 heavy (non-hydrogen) atoms. The zero-order chi connectivity index (χ0) is 8.65. The second-order valence-corrected chi connectivity index (χ2v) is 4.09. The molecule has 0 N–H and O–H groups in total. The lowest BCUT2D eigenvalue weighted by molar-refractivity contribution is 0.0438. The smallest absolute Gasteiger partial charge is 0.405 e. The summed E-state index contributed by atoms with van der Waals surface area (Å²) < 4.78 is 11.2. The third kappa shape index (κ3) is 1.77. The first kappa shape index (κ1) is 9.08. The Labute approximate surface area is 69.4 Å². The topological polar surface area (TPSA) is 18.5 Å². The summed E-state index contributed by atoms with van der Waals surface area (Å²) in [5, 5.41) is 0. The Morgan fingerprint density at radius 1 is 1.36 bits per heavy atom. The minimum Gasteiger partial charge on any atom is -0.405 e. The third-order valence-corrected chi connectivity index (χ3v) is 2.10. The van der Waals surface area contributed by atoms with E-state index in [0.29, 0.717) is 5.92 Å². The van der Waals surface area contributed by atoms with E-state index in [1.54, 1.807) is 0 Å². The van der Waals surface area contributed by atoms with Gasteiger partial charge in [0.2, 0.25) is 0 Å². The van der Waals surface area contributed by atoms with Crippen molar-refractivity contribution in [1.29, 1.82) is 0 Å². The average molecular weight is 156 g/mol. The molecule has 2 nitrogen and oxygen atoms in total. The summed E-state index contributed by atoms with van der Waals surface area (Å²) in [6, 6.07) is 0. The molecule has 1 heterocycles. The van der Waals surface area contributed by atoms with Crippen LogP contribution in [0.2, 0.25) is 6.82 Å². The lowest BCUT2D eigenvalue weighted by Crippen LogP contribution is -2.36. The van der Waals surface area contributed by atoms with Crippen LogP contribution in [-0.2, 0) is 9.31 Å². The zero-order valence-corrected chi connectivity index (χ0v) is 8.05. The largest absolute Gasteiger partial charge is 0.454 e. The first-order valence-electron chi connectivity index (χ1n) is 4.27. The fraction of sp³-hybridized carbons (Fsp3) is 1.00.